The Hall–Kier alpha value is -4.20. The molecule has 0 spiro atoms. The number of ketones is 1. The Bertz CT molecular complexity index is 1360. The van der Waals surface area contributed by atoms with Gasteiger partial charge in [-0.1, -0.05) is 25.1 Å². The average Bonchev–Trinajstić information content (AvgIpc) is 3.52. The lowest BCUT2D eigenvalue weighted by Crippen LogP contribution is -2.24. The Morgan fingerprint density at radius 2 is 1.66 bits per heavy atom. The van der Waals surface area contributed by atoms with Crippen LogP contribution in [0.2, 0.25) is 0 Å². The highest BCUT2D eigenvalue weighted by Gasteiger charge is 2.48. The van der Waals surface area contributed by atoms with Crippen LogP contribution in [0.1, 0.15) is 54.4 Å². The molecule has 1 heterocycles. The van der Waals surface area contributed by atoms with Gasteiger partial charge in [0.15, 0.2) is 17.3 Å². The second-order valence-corrected chi connectivity index (χ2v) is 9.47. The third-order valence-corrected chi connectivity index (χ3v) is 6.95. The fourth-order valence-electron chi connectivity index (χ4n) is 5.34. The number of hydrogen-bond acceptors (Lipinski definition) is 7. The van der Waals surface area contributed by atoms with Crippen LogP contribution in [0.4, 0.5) is 0 Å². The quantitative estimate of drug-likeness (QED) is 0.393. The molecule has 1 aliphatic carbocycles. The van der Waals surface area contributed by atoms with Gasteiger partial charge in [0, 0.05) is 23.5 Å². The summed E-state index contributed by atoms with van der Waals surface area (Å²) in [4.78, 5) is 24.8. The van der Waals surface area contributed by atoms with Crippen LogP contribution in [0.5, 0.6) is 28.7 Å². The second kappa shape index (κ2) is 10.7. The molecule has 1 aliphatic heterocycles. The zero-order valence-electron chi connectivity index (χ0n) is 21.6. The number of carboxylic acids is 1. The number of carboxylic acid groups (broad SMARTS) is 1. The van der Waals surface area contributed by atoms with Gasteiger partial charge in [0.05, 0.1) is 19.6 Å². The molecule has 3 atom stereocenters. The van der Waals surface area contributed by atoms with Crippen LogP contribution in [0, 0.1) is 5.92 Å². The molecule has 0 radical (unpaired) electrons. The van der Waals surface area contributed by atoms with E-state index in [4.69, 9.17) is 23.7 Å². The summed E-state index contributed by atoms with van der Waals surface area (Å²) in [5, 5.41) is 10.7. The molecule has 8 heteroatoms. The van der Waals surface area contributed by atoms with Crippen molar-refractivity contribution in [2.24, 2.45) is 5.92 Å². The van der Waals surface area contributed by atoms with Gasteiger partial charge in [0.2, 0.25) is 6.79 Å². The fourth-order valence-corrected chi connectivity index (χ4v) is 5.34. The normalized spacial score (nSPS) is 19.1. The van der Waals surface area contributed by atoms with Crippen molar-refractivity contribution >= 4 is 11.8 Å². The molecule has 38 heavy (non-hydrogen) atoms. The summed E-state index contributed by atoms with van der Waals surface area (Å²) < 4.78 is 28.3. The van der Waals surface area contributed by atoms with Crippen LogP contribution in [0.25, 0.3) is 0 Å². The Morgan fingerprint density at radius 3 is 2.39 bits per heavy atom. The van der Waals surface area contributed by atoms with E-state index in [0.29, 0.717) is 40.9 Å². The fraction of sp³-hybridized carbons (Fsp3) is 0.333. The zero-order valence-corrected chi connectivity index (χ0v) is 21.6. The van der Waals surface area contributed by atoms with Crippen molar-refractivity contribution in [2.45, 2.75) is 32.1 Å². The molecule has 8 nitrogen and oxygen atoms in total. The van der Waals surface area contributed by atoms with E-state index in [1.54, 1.807) is 19.2 Å². The summed E-state index contributed by atoms with van der Waals surface area (Å²) in [6.45, 7) is 4.02. The Kier molecular flexibility index (Phi) is 7.13. The lowest BCUT2D eigenvalue weighted by Gasteiger charge is -2.24. The van der Waals surface area contributed by atoms with Crippen molar-refractivity contribution in [1.29, 1.82) is 0 Å². The Morgan fingerprint density at radius 1 is 0.895 bits per heavy atom. The molecule has 0 saturated carbocycles. The molecule has 0 bridgehead atoms. The first-order valence-corrected chi connectivity index (χ1v) is 12.6. The summed E-state index contributed by atoms with van der Waals surface area (Å²) in [5.74, 6) is -0.139. The van der Waals surface area contributed by atoms with Gasteiger partial charge in [-0.25, -0.2) is 0 Å². The number of fused-ring (bicyclic) bond motifs is 2. The van der Waals surface area contributed by atoms with E-state index in [1.807, 2.05) is 49.4 Å². The van der Waals surface area contributed by atoms with Crippen LogP contribution in [0.15, 0.2) is 54.6 Å². The molecule has 2 aliphatic rings. The van der Waals surface area contributed by atoms with Crippen molar-refractivity contribution in [3.8, 4) is 28.7 Å². The van der Waals surface area contributed by atoms with Gasteiger partial charge >= 0.3 is 5.97 Å². The summed E-state index contributed by atoms with van der Waals surface area (Å²) in [5.41, 5.74) is 3.20. The molecule has 0 aromatic heterocycles. The molecule has 0 amide bonds. The van der Waals surface area contributed by atoms with Gasteiger partial charge in [0.1, 0.15) is 23.9 Å². The molecular weight excluding hydrogens is 488 g/mol. The molecule has 0 fully saturated rings. The minimum Gasteiger partial charge on any atom is -0.497 e. The van der Waals surface area contributed by atoms with Crippen LogP contribution >= 0.6 is 0 Å². The SMILES string of the molecule is CCCOc1ccc2c(c1)C(c1ccc(OC)cc1OCC(C)=O)C(C(=O)O)C2c1ccc2c(c1)OCO2. The maximum atomic E-state index is 13.0. The highest BCUT2D eigenvalue weighted by atomic mass is 16.7. The van der Waals surface area contributed by atoms with Gasteiger partial charge in [-0.2, -0.15) is 0 Å². The average molecular weight is 519 g/mol. The van der Waals surface area contributed by atoms with Crippen molar-refractivity contribution in [3.63, 3.8) is 0 Å². The third kappa shape index (κ3) is 4.74. The van der Waals surface area contributed by atoms with E-state index >= 15 is 0 Å². The van der Waals surface area contributed by atoms with Gasteiger partial charge < -0.3 is 28.8 Å². The van der Waals surface area contributed by atoms with Gasteiger partial charge in [-0.05, 0) is 60.4 Å². The smallest absolute Gasteiger partial charge is 0.308 e. The largest absolute Gasteiger partial charge is 0.497 e. The highest BCUT2D eigenvalue weighted by Crippen LogP contribution is 2.56. The number of methoxy groups -OCH3 is 1. The number of aliphatic carboxylic acids is 1. The van der Waals surface area contributed by atoms with Gasteiger partial charge in [0.25, 0.3) is 0 Å². The number of ether oxygens (including phenoxy) is 5. The van der Waals surface area contributed by atoms with Crippen molar-refractivity contribution in [2.75, 3.05) is 27.1 Å². The number of carbonyl (C=O) groups is 2. The van der Waals surface area contributed by atoms with E-state index < -0.39 is 23.7 Å². The predicted octanol–water partition coefficient (Wildman–Crippen LogP) is 5.16. The van der Waals surface area contributed by atoms with Crippen molar-refractivity contribution < 1.29 is 38.4 Å². The van der Waals surface area contributed by atoms with Crippen LogP contribution in [-0.2, 0) is 9.59 Å². The van der Waals surface area contributed by atoms with Crippen LogP contribution in [-0.4, -0.2) is 44.0 Å². The summed E-state index contributed by atoms with van der Waals surface area (Å²) in [6.07, 6.45) is 0.847. The van der Waals surface area contributed by atoms with Crippen molar-refractivity contribution in [1.82, 2.24) is 0 Å². The number of hydrogen-bond donors (Lipinski definition) is 1. The van der Waals surface area contributed by atoms with E-state index in [2.05, 4.69) is 0 Å². The molecule has 3 aromatic rings. The summed E-state index contributed by atoms with van der Waals surface area (Å²) >= 11 is 0. The number of carbonyl (C=O) groups excluding carboxylic acids is 1. The molecule has 3 aromatic carbocycles. The molecule has 3 unspecified atom stereocenters. The van der Waals surface area contributed by atoms with E-state index in [9.17, 15) is 14.7 Å². The summed E-state index contributed by atoms with van der Waals surface area (Å²) in [6, 6.07) is 16.6. The highest BCUT2D eigenvalue weighted by molar-refractivity contribution is 5.79. The van der Waals surface area contributed by atoms with Crippen molar-refractivity contribution in [3.05, 3.63) is 76.9 Å². The molecular formula is C30H30O8. The van der Waals surface area contributed by atoms with E-state index in [1.165, 1.54) is 6.92 Å². The maximum absolute atomic E-state index is 13.0. The predicted molar refractivity (Wildman–Crippen MR) is 139 cm³/mol. The van der Waals surface area contributed by atoms with Crippen LogP contribution in [0.3, 0.4) is 0 Å². The number of Topliss-reactive ketones (excluding diaryl/α,β-unsaturated/α-hetero) is 1. The lowest BCUT2D eigenvalue weighted by atomic mass is 9.79. The molecule has 1 N–H and O–H groups in total. The third-order valence-electron chi connectivity index (χ3n) is 6.95. The molecule has 198 valence electrons. The van der Waals surface area contributed by atoms with E-state index in [0.717, 1.165) is 23.1 Å². The first-order valence-electron chi connectivity index (χ1n) is 12.6. The standard InChI is InChI=1S/C30H30O8/c1-4-11-35-20-7-8-21-23(13-20)28(22-9-6-19(34-3)14-25(22)36-15-17(2)31)29(30(32)33)27(21)18-5-10-24-26(12-18)38-16-37-24/h5-10,12-14,27-29H,4,11,15-16H2,1-3H3,(H,32,33). The number of benzene rings is 3. The minimum atomic E-state index is -0.946. The number of rotatable bonds is 10. The Labute approximate surface area is 221 Å². The lowest BCUT2D eigenvalue weighted by molar-refractivity contribution is -0.142. The Balaban J connectivity index is 1.69. The topological polar surface area (TPSA) is 101 Å². The minimum absolute atomic E-state index is 0.131. The van der Waals surface area contributed by atoms with E-state index in [-0.39, 0.29) is 19.2 Å². The first-order chi connectivity index (χ1) is 18.4. The zero-order chi connectivity index (χ0) is 26.8. The van der Waals surface area contributed by atoms with Gasteiger partial charge in [-0.3, -0.25) is 9.59 Å². The molecule has 0 saturated heterocycles. The monoisotopic (exact) mass is 518 g/mol. The summed E-state index contributed by atoms with van der Waals surface area (Å²) in [7, 11) is 1.54. The van der Waals surface area contributed by atoms with Crippen LogP contribution < -0.4 is 23.7 Å². The second-order valence-electron chi connectivity index (χ2n) is 9.47. The van der Waals surface area contributed by atoms with Gasteiger partial charge in [-0.15, -0.1) is 0 Å². The molecule has 5 rings (SSSR count). The first kappa shape index (κ1) is 25.4. The maximum Gasteiger partial charge on any atom is 0.308 e.